The van der Waals surface area contributed by atoms with Gasteiger partial charge in [-0.05, 0) is 12.1 Å². The van der Waals surface area contributed by atoms with Crippen molar-refractivity contribution < 1.29 is 19.4 Å². The van der Waals surface area contributed by atoms with E-state index in [1.54, 1.807) is 18.2 Å². The molecule has 1 aromatic heterocycles. The van der Waals surface area contributed by atoms with E-state index >= 15 is 0 Å². The van der Waals surface area contributed by atoms with E-state index in [0.717, 1.165) is 0 Å². The second-order valence-electron chi connectivity index (χ2n) is 4.96. The Balaban J connectivity index is 2.28. The summed E-state index contributed by atoms with van der Waals surface area (Å²) in [5.74, 6) is -1.44. The van der Waals surface area contributed by atoms with Crippen LogP contribution in [0.5, 0.6) is 0 Å². The van der Waals surface area contributed by atoms with Gasteiger partial charge in [-0.15, -0.1) is 5.10 Å². The number of aryl methyl sites for hydroxylation is 1. The summed E-state index contributed by atoms with van der Waals surface area (Å²) >= 11 is 12.4. The highest BCUT2D eigenvalue weighted by atomic mass is 35.5. The molecule has 25 heavy (non-hydrogen) atoms. The second kappa shape index (κ2) is 8.28. The summed E-state index contributed by atoms with van der Waals surface area (Å²) in [5, 5.41) is 16.2. The molecule has 1 amide bonds. The number of carbonyl (C=O) groups excluding carboxylic acids is 1. The minimum absolute atomic E-state index is 0.118. The van der Waals surface area contributed by atoms with E-state index in [4.69, 9.17) is 33.0 Å². The normalized spacial score (nSPS) is 12.0. The lowest BCUT2D eigenvalue weighted by atomic mass is 10.3. The van der Waals surface area contributed by atoms with Crippen molar-refractivity contribution in [2.45, 2.75) is 19.4 Å². The minimum Gasteiger partial charge on any atom is -0.479 e. The first-order chi connectivity index (χ1) is 11.9. The fourth-order valence-corrected chi connectivity index (χ4v) is 2.63. The van der Waals surface area contributed by atoms with Gasteiger partial charge in [-0.2, -0.15) is 0 Å². The van der Waals surface area contributed by atoms with Gasteiger partial charge in [0.1, 0.15) is 11.5 Å². The van der Waals surface area contributed by atoms with E-state index in [1.165, 1.54) is 11.8 Å². The van der Waals surface area contributed by atoms with Crippen LogP contribution in [-0.4, -0.2) is 51.5 Å². The predicted octanol–water partition coefficient (Wildman–Crippen LogP) is 1.97. The Labute approximate surface area is 153 Å². The molecule has 0 saturated heterocycles. The molecule has 0 aliphatic carbocycles. The Bertz CT molecular complexity index is 774. The Morgan fingerprint density at radius 3 is 2.52 bits per heavy atom. The number of carbonyl (C=O) groups is 2. The smallest absolute Gasteiger partial charge is 0.334 e. The van der Waals surface area contributed by atoms with E-state index in [1.807, 2.05) is 6.92 Å². The third-order valence-corrected chi connectivity index (χ3v) is 3.96. The molecular weight excluding hydrogens is 371 g/mol. The lowest BCUT2D eigenvalue weighted by Gasteiger charge is -2.10. The zero-order chi connectivity index (χ0) is 18.6. The Hall–Kier alpha value is -2.16. The molecule has 0 saturated carbocycles. The summed E-state index contributed by atoms with van der Waals surface area (Å²) in [4.78, 5) is 27.3. The molecule has 0 bridgehead atoms. The van der Waals surface area contributed by atoms with Gasteiger partial charge < -0.3 is 15.2 Å². The molecule has 0 fully saturated rings. The number of aliphatic carboxylic acids is 1. The van der Waals surface area contributed by atoms with Crippen molar-refractivity contribution in [2.24, 2.45) is 0 Å². The highest BCUT2D eigenvalue weighted by molar-refractivity contribution is 6.37. The monoisotopic (exact) mass is 386 g/mol. The number of aromatic nitrogens is 3. The molecule has 10 heteroatoms. The number of carboxylic acid groups (broad SMARTS) is 1. The van der Waals surface area contributed by atoms with Crippen molar-refractivity contribution in [3.63, 3.8) is 0 Å². The summed E-state index contributed by atoms with van der Waals surface area (Å²) in [5.41, 5.74) is 0.425. The van der Waals surface area contributed by atoms with Gasteiger partial charge in [0, 0.05) is 13.5 Å². The number of nitrogens with zero attached hydrogens (tertiary/aromatic N) is 3. The van der Waals surface area contributed by atoms with Crippen molar-refractivity contribution in [1.29, 1.82) is 0 Å². The molecule has 0 aliphatic rings. The first-order valence-corrected chi connectivity index (χ1v) is 8.08. The molecule has 8 nitrogen and oxygen atoms in total. The maximum atomic E-state index is 12.2. The summed E-state index contributed by atoms with van der Waals surface area (Å²) < 4.78 is 6.16. The van der Waals surface area contributed by atoms with Crippen LogP contribution in [0, 0.1) is 0 Å². The lowest BCUT2D eigenvalue weighted by molar-refractivity contribution is -0.148. The van der Waals surface area contributed by atoms with Crippen LogP contribution in [0.25, 0.3) is 5.69 Å². The molecule has 2 N–H and O–H groups in total. The number of methoxy groups -OCH3 is 1. The van der Waals surface area contributed by atoms with Crippen molar-refractivity contribution >= 4 is 35.1 Å². The molecule has 0 radical (unpaired) electrons. The fraction of sp³-hybridized carbons (Fsp3) is 0.333. The Morgan fingerprint density at radius 2 is 2.00 bits per heavy atom. The third kappa shape index (κ3) is 4.28. The number of hydrogen-bond donors (Lipinski definition) is 2. The minimum atomic E-state index is -1.18. The number of benzene rings is 1. The average molecular weight is 387 g/mol. The number of rotatable bonds is 7. The molecule has 1 aromatic carbocycles. The van der Waals surface area contributed by atoms with Crippen LogP contribution in [0.15, 0.2) is 18.2 Å². The van der Waals surface area contributed by atoms with Crippen molar-refractivity contribution in [2.75, 3.05) is 13.7 Å². The van der Waals surface area contributed by atoms with E-state index in [0.29, 0.717) is 28.0 Å². The summed E-state index contributed by atoms with van der Waals surface area (Å²) in [7, 11) is 1.24. The van der Waals surface area contributed by atoms with E-state index in [-0.39, 0.29) is 12.4 Å². The largest absolute Gasteiger partial charge is 0.479 e. The standard InChI is InChI=1S/C15H16Cl2N4O4/c1-3-11-19-13(14(22)18-7-10(25-2)15(23)24)20-21(11)12-8(16)5-4-6-9(12)17/h4-6,10H,3,7H2,1-2H3,(H,18,22)(H,23,24). The van der Waals surface area contributed by atoms with Crippen molar-refractivity contribution in [3.8, 4) is 5.69 Å². The first kappa shape index (κ1) is 19.2. The highest BCUT2D eigenvalue weighted by Crippen LogP contribution is 2.28. The molecule has 1 unspecified atom stereocenters. The zero-order valence-electron chi connectivity index (χ0n) is 13.5. The van der Waals surface area contributed by atoms with E-state index in [2.05, 4.69) is 15.4 Å². The van der Waals surface area contributed by atoms with Gasteiger partial charge in [0.2, 0.25) is 5.82 Å². The first-order valence-electron chi connectivity index (χ1n) is 7.33. The number of carboxylic acids is 1. The lowest BCUT2D eigenvalue weighted by Crippen LogP contribution is -2.38. The van der Waals surface area contributed by atoms with Crippen LogP contribution in [0.3, 0.4) is 0 Å². The number of para-hydroxylation sites is 1. The van der Waals surface area contributed by atoms with Crippen molar-refractivity contribution in [3.05, 3.63) is 39.9 Å². The Kier molecular flexibility index (Phi) is 6.35. The molecule has 134 valence electrons. The molecule has 1 atom stereocenters. The quantitative estimate of drug-likeness (QED) is 0.753. The zero-order valence-corrected chi connectivity index (χ0v) is 15.0. The third-order valence-electron chi connectivity index (χ3n) is 3.35. The maximum absolute atomic E-state index is 12.2. The SMILES string of the molecule is CCc1nc(C(=O)NCC(OC)C(=O)O)nn1-c1c(Cl)cccc1Cl. The molecule has 1 heterocycles. The average Bonchev–Trinajstić information content (AvgIpc) is 2.99. The molecule has 2 rings (SSSR count). The number of amides is 1. The number of hydrogen-bond acceptors (Lipinski definition) is 5. The van der Waals surface area contributed by atoms with Crippen LogP contribution in [-0.2, 0) is 16.0 Å². The van der Waals surface area contributed by atoms with Crippen LogP contribution in [0.4, 0.5) is 0 Å². The van der Waals surface area contributed by atoms with Gasteiger partial charge in [-0.25, -0.2) is 14.5 Å². The molecular formula is C15H16Cl2N4O4. The van der Waals surface area contributed by atoms with Crippen LogP contribution in [0.2, 0.25) is 10.0 Å². The number of nitrogens with one attached hydrogen (secondary N) is 1. The molecule has 0 aliphatic heterocycles. The van der Waals surface area contributed by atoms with Crippen LogP contribution >= 0.6 is 23.2 Å². The number of ether oxygens (including phenoxy) is 1. The molecule has 0 spiro atoms. The van der Waals surface area contributed by atoms with Crippen LogP contribution < -0.4 is 5.32 Å². The Morgan fingerprint density at radius 1 is 1.36 bits per heavy atom. The second-order valence-corrected chi connectivity index (χ2v) is 5.77. The van der Waals surface area contributed by atoms with Gasteiger partial charge >= 0.3 is 5.97 Å². The summed E-state index contributed by atoms with van der Waals surface area (Å²) in [6.07, 6.45) is -0.674. The number of halogens is 2. The summed E-state index contributed by atoms with van der Waals surface area (Å²) in [6.45, 7) is 1.63. The van der Waals surface area contributed by atoms with Crippen LogP contribution in [0.1, 0.15) is 23.4 Å². The highest BCUT2D eigenvalue weighted by Gasteiger charge is 2.22. The maximum Gasteiger partial charge on any atom is 0.334 e. The molecule has 2 aromatic rings. The van der Waals surface area contributed by atoms with Gasteiger partial charge in [0.25, 0.3) is 5.91 Å². The topological polar surface area (TPSA) is 106 Å². The van der Waals surface area contributed by atoms with Gasteiger partial charge in [-0.1, -0.05) is 36.2 Å². The van der Waals surface area contributed by atoms with Gasteiger partial charge in [0.15, 0.2) is 6.10 Å². The van der Waals surface area contributed by atoms with E-state index in [9.17, 15) is 9.59 Å². The van der Waals surface area contributed by atoms with Gasteiger partial charge in [0.05, 0.1) is 16.6 Å². The van der Waals surface area contributed by atoms with Crippen molar-refractivity contribution in [1.82, 2.24) is 20.1 Å². The van der Waals surface area contributed by atoms with Gasteiger partial charge in [-0.3, -0.25) is 4.79 Å². The van der Waals surface area contributed by atoms with E-state index < -0.39 is 18.0 Å². The predicted molar refractivity (Wildman–Crippen MR) is 91.5 cm³/mol. The fourth-order valence-electron chi connectivity index (χ4n) is 2.08. The summed E-state index contributed by atoms with van der Waals surface area (Å²) in [6, 6.07) is 5.00.